The second-order valence-corrected chi connectivity index (χ2v) is 8.83. The number of hydrogen-bond acceptors (Lipinski definition) is 8. The fourth-order valence-corrected chi connectivity index (χ4v) is 4.46. The lowest BCUT2D eigenvalue weighted by Crippen LogP contribution is -2.32. The summed E-state index contributed by atoms with van der Waals surface area (Å²) in [4.78, 5) is 31.7. The van der Waals surface area contributed by atoms with Gasteiger partial charge in [0, 0.05) is 43.4 Å². The van der Waals surface area contributed by atoms with Crippen LogP contribution in [0.15, 0.2) is 35.5 Å². The van der Waals surface area contributed by atoms with Crippen LogP contribution in [0.1, 0.15) is 32.0 Å². The predicted molar refractivity (Wildman–Crippen MR) is 137 cm³/mol. The lowest BCUT2D eigenvalue weighted by molar-refractivity contribution is -0.109. The number of pyridine rings is 1. The molecule has 0 spiro atoms. The molecule has 188 valence electrons. The van der Waals surface area contributed by atoms with Gasteiger partial charge in [0.1, 0.15) is 23.5 Å². The number of rotatable bonds is 9. The number of halogens is 2. The molecule has 10 heteroatoms. The molecule has 8 nitrogen and oxygen atoms in total. The summed E-state index contributed by atoms with van der Waals surface area (Å²) in [7, 11) is 0. The molecule has 0 fully saturated rings. The number of aliphatic imine (C=N–C) groups is 1. The minimum absolute atomic E-state index is 0.0365. The Morgan fingerprint density at radius 3 is 2.75 bits per heavy atom. The van der Waals surface area contributed by atoms with Crippen molar-refractivity contribution in [1.29, 1.82) is 0 Å². The van der Waals surface area contributed by atoms with Crippen molar-refractivity contribution in [3.05, 3.63) is 53.4 Å². The van der Waals surface area contributed by atoms with Crippen molar-refractivity contribution in [2.75, 3.05) is 29.9 Å². The van der Waals surface area contributed by atoms with Crippen LogP contribution in [0.2, 0.25) is 0 Å². The summed E-state index contributed by atoms with van der Waals surface area (Å²) in [5.41, 5.74) is 2.85. The molecule has 0 radical (unpaired) electrons. The zero-order valence-corrected chi connectivity index (χ0v) is 20.6. The largest absolute Gasteiger partial charge is 0.368 e. The van der Waals surface area contributed by atoms with Gasteiger partial charge < -0.3 is 15.0 Å². The molecule has 1 aromatic carbocycles. The second kappa shape index (κ2) is 10.9. The minimum Gasteiger partial charge on any atom is -0.368 e. The fraction of sp³-hybridized carbons (Fsp3) is 0.346. The number of aldehydes is 1. The Kier molecular flexibility index (Phi) is 7.64. The van der Waals surface area contributed by atoms with Gasteiger partial charge in [0.25, 0.3) is 0 Å². The van der Waals surface area contributed by atoms with Crippen LogP contribution in [-0.4, -0.2) is 58.5 Å². The smallest absolute Gasteiger partial charge is 0.229 e. The highest BCUT2D eigenvalue weighted by atomic mass is 19.1. The Hall–Kier alpha value is -3.79. The van der Waals surface area contributed by atoms with Crippen molar-refractivity contribution < 1.29 is 13.6 Å². The lowest BCUT2D eigenvalue weighted by atomic mass is 10.1. The van der Waals surface area contributed by atoms with Gasteiger partial charge in [0.05, 0.1) is 18.4 Å². The summed E-state index contributed by atoms with van der Waals surface area (Å²) in [5.74, 6) is -0.623. The number of hydrogen-bond donors (Lipinski definition) is 1. The molecule has 0 atom stereocenters. The molecule has 0 unspecified atom stereocenters. The summed E-state index contributed by atoms with van der Waals surface area (Å²) < 4.78 is 29.8. The Morgan fingerprint density at radius 1 is 1.25 bits per heavy atom. The number of nitrogens with one attached hydrogen (secondary N) is 1. The standard InChI is InChI=1S/C26H29F2N7O/c1-5-35(16(2)3)22-13-18(12-19(27)25(22)29-4)24-20(28)14-30-26(33-24)32-23-7-6-17-15-34(10-11-36)9-8-21(17)31-23/h6-7,11-14,16H,4-5,8-10,15H2,1-3H3,(H,30,31,32,33). The van der Waals surface area contributed by atoms with Gasteiger partial charge in [-0.25, -0.2) is 23.7 Å². The number of anilines is 3. The highest BCUT2D eigenvalue weighted by molar-refractivity contribution is 5.77. The van der Waals surface area contributed by atoms with Crippen LogP contribution in [0, 0.1) is 11.6 Å². The van der Waals surface area contributed by atoms with Gasteiger partial charge in [0.2, 0.25) is 5.95 Å². The van der Waals surface area contributed by atoms with E-state index in [1.165, 1.54) is 6.07 Å². The molecule has 2 aromatic heterocycles. The Bertz CT molecular complexity index is 1280. The number of benzene rings is 1. The van der Waals surface area contributed by atoms with Crippen LogP contribution < -0.4 is 10.2 Å². The fourth-order valence-electron chi connectivity index (χ4n) is 4.46. The first-order chi connectivity index (χ1) is 17.3. The van der Waals surface area contributed by atoms with Crippen molar-refractivity contribution in [1.82, 2.24) is 19.9 Å². The quantitative estimate of drug-likeness (QED) is 0.342. The molecule has 3 aromatic rings. The van der Waals surface area contributed by atoms with Gasteiger partial charge in [-0.15, -0.1) is 0 Å². The normalized spacial score (nSPS) is 13.4. The van der Waals surface area contributed by atoms with Gasteiger partial charge in [-0.05, 0) is 51.3 Å². The van der Waals surface area contributed by atoms with Gasteiger partial charge >= 0.3 is 0 Å². The molecule has 0 bridgehead atoms. The predicted octanol–water partition coefficient (Wildman–Crippen LogP) is 4.68. The molecule has 0 saturated carbocycles. The lowest BCUT2D eigenvalue weighted by Gasteiger charge is -2.29. The molecule has 0 saturated heterocycles. The maximum Gasteiger partial charge on any atom is 0.229 e. The van der Waals surface area contributed by atoms with Crippen molar-refractivity contribution in [3.63, 3.8) is 0 Å². The van der Waals surface area contributed by atoms with Crippen LogP contribution in [0.25, 0.3) is 11.3 Å². The molecular weight excluding hydrogens is 464 g/mol. The van der Waals surface area contributed by atoms with Crippen molar-refractivity contribution in [3.8, 4) is 11.3 Å². The van der Waals surface area contributed by atoms with E-state index < -0.39 is 11.6 Å². The van der Waals surface area contributed by atoms with E-state index in [0.29, 0.717) is 37.6 Å². The third kappa shape index (κ3) is 5.23. The van der Waals surface area contributed by atoms with Gasteiger partial charge in [0.15, 0.2) is 11.6 Å². The van der Waals surface area contributed by atoms with E-state index in [-0.39, 0.29) is 28.9 Å². The summed E-state index contributed by atoms with van der Waals surface area (Å²) >= 11 is 0. The zero-order chi connectivity index (χ0) is 25.8. The van der Waals surface area contributed by atoms with E-state index >= 15 is 0 Å². The molecule has 36 heavy (non-hydrogen) atoms. The molecule has 3 heterocycles. The monoisotopic (exact) mass is 493 g/mol. The maximum atomic E-state index is 15.0. The van der Waals surface area contributed by atoms with E-state index in [0.717, 1.165) is 30.3 Å². The van der Waals surface area contributed by atoms with Crippen molar-refractivity contribution in [2.24, 2.45) is 4.99 Å². The average molecular weight is 494 g/mol. The SMILES string of the molecule is C=Nc1c(F)cc(-c2nc(Nc3ccc4c(n3)CCN(CC=O)C4)ncc2F)cc1N(CC)C(C)C. The maximum absolute atomic E-state index is 15.0. The van der Waals surface area contributed by atoms with Crippen LogP contribution in [-0.2, 0) is 17.8 Å². The van der Waals surface area contributed by atoms with E-state index in [9.17, 15) is 13.6 Å². The van der Waals surface area contributed by atoms with Gasteiger partial charge in [-0.3, -0.25) is 9.89 Å². The molecule has 1 aliphatic rings. The molecule has 4 rings (SSSR count). The first-order valence-corrected chi connectivity index (χ1v) is 11.9. The molecule has 1 aliphatic heterocycles. The van der Waals surface area contributed by atoms with Crippen LogP contribution in [0.4, 0.5) is 31.9 Å². The first kappa shape index (κ1) is 25.3. The highest BCUT2D eigenvalue weighted by Crippen LogP contribution is 2.37. The zero-order valence-electron chi connectivity index (χ0n) is 20.6. The summed E-state index contributed by atoms with van der Waals surface area (Å²) in [6, 6.07) is 6.69. The Labute approximate surface area is 209 Å². The number of nitrogens with zero attached hydrogens (tertiary/aromatic N) is 6. The van der Waals surface area contributed by atoms with Crippen LogP contribution >= 0.6 is 0 Å². The Morgan fingerprint density at radius 2 is 2.06 bits per heavy atom. The Balaban J connectivity index is 1.65. The van der Waals surface area contributed by atoms with E-state index in [4.69, 9.17) is 0 Å². The van der Waals surface area contributed by atoms with E-state index in [1.54, 1.807) is 12.1 Å². The van der Waals surface area contributed by atoms with Crippen LogP contribution in [0.3, 0.4) is 0 Å². The first-order valence-electron chi connectivity index (χ1n) is 11.9. The topological polar surface area (TPSA) is 86.6 Å². The van der Waals surface area contributed by atoms with E-state index in [2.05, 4.69) is 36.9 Å². The van der Waals surface area contributed by atoms with Crippen molar-refractivity contribution in [2.45, 2.75) is 39.8 Å². The number of carbonyl (C=O) groups is 1. The van der Waals surface area contributed by atoms with Gasteiger partial charge in [-0.2, -0.15) is 0 Å². The average Bonchev–Trinajstić information content (AvgIpc) is 2.85. The highest BCUT2D eigenvalue weighted by Gasteiger charge is 2.21. The second-order valence-electron chi connectivity index (χ2n) is 8.83. The van der Waals surface area contributed by atoms with Crippen LogP contribution in [0.5, 0.6) is 0 Å². The minimum atomic E-state index is -0.675. The third-order valence-electron chi connectivity index (χ3n) is 6.19. The summed E-state index contributed by atoms with van der Waals surface area (Å²) in [5, 5.41) is 3.03. The van der Waals surface area contributed by atoms with Gasteiger partial charge in [-0.1, -0.05) is 6.07 Å². The van der Waals surface area contributed by atoms with Crippen molar-refractivity contribution >= 4 is 36.1 Å². The van der Waals surface area contributed by atoms with E-state index in [1.807, 2.05) is 31.7 Å². The third-order valence-corrected chi connectivity index (χ3v) is 6.19. The summed E-state index contributed by atoms with van der Waals surface area (Å²) in [6.07, 6.45) is 2.66. The molecule has 1 N–H and O–H groups in total. The summed E-state index contributed by atoms with van der Waals surface area (Å²) in [6.45, 7) is 11.8. The number of carbonyl (C=O) groups excluding carboxylic acids is 1. The molecule has 0 aliphatic carbocycles. The molecule has 0 amide bonds. The molecular formula is C26H29F2N7O. The number of fused-ring (bicyclic) bond motifs is 1. The number of aromatic nitrogens is 3.